The summed E-state index contributed by atoms with van der Waals surface area (Å²) in [5, 5.41) is 4.79. The first-order chi connectivity index (χ1) is 12.1. The molecule has 25 heavy (non-hydrogen) atoms. The lowest BCUT2D eigenvalue weighted by Gasteiger charge is -2.21. The number of benzene rings is 1. The summed E-state index contributed by atoms with van der Waals surface area (Å²) < 4.78 is 10.4. The zero-order valence-electron chi connectivity index (χ0n) is 14.6. The summed E-state index contributed by atoms with van der Waals surface area (Å²) in [6.45, 7) is 2.75. The Bertz CT molecular complexity index is 716. The molecule has 0 aliphatic heterocycles. The average molecular weight is 362 g/mol. The number of likely N-dealkylation sites (N-methyl/N-ethyl adjacent to an activating group) is 1. The van der Waals surface area contributed by atoms with E-state index in [9.17, 15) is 9.59 Å². The normalized spacial score (nSPS) is 10.2. The predicted molar refractivity (Wildman–Crippen MR) is 97.3 cm³/mol. The van der Waals surface area contributed by atoms with Gasteiger partial charge in [0, 0.05) is 17.0 Å². The van der Waals surface area contributed by atoms with Crippen molar-refractivity contribution >= 4 is 23.2 Å². The van der Waals surface area contributed by atoms with Crippen molar-refractivity contribution in [3.05, 3.63) is 46.2 Å². The Balaban J connectivity index is 2.01. The first kappa shape index (κ1) is 18.8. The van der Waals surface area contributed by atoms with Crippen LogP contribution in [0.15, 0.2) is 35.7 Å². The van der Waals surface area contributed by atoms with E-state index in [2.05, 4.69) is 5.32 Å². The van der Waals surface area contributed by atoms with Crippen LogP contribution < -0.4 is 14.8 Å². The van der Waals surface area contributed by atoms with E-state index in [1.54, 1.807) is 29.5 Å². The molecule has 0 saturated carbocycles. The molecule has 0 unspecified atom stereocenters. The Morgan fingerprint density at radius 1 is 1.16 bits per heavy atom. The quantitative estimate of drug-likeness (QED) is 0.784. The number of methoxy groups -OCH3 is 2. The number of thiophene rings is 1. The fourth-order valence-electron chi connectivity index (χ4n) is 2.31. The zero-order chi connectivity index (χ0) is 18.2. The number of nitrogens with one attached hydrogen (secondary N) is 1. The van der Waals surface area contributed by atoms with Crippen molar-refractivity contribution < 1.29 is 19.1 Å². The van der Waals surface area contributed by atoms with Gasteiger partial charge < -0.3 is 19.7 Å². The highest BCUT2D eigenvalue weighted by Crippen LogP contribution is 2.28. The molecule has 2 amide bonds. The van der Waals surface area contributed by atoms with Crippen LogP contribution in [-0.4, -0.2) is 44.0 Å². The van der Waals surface area contributed by atoms with E-state index in [1.165, 1.54) is 19.1 Å². The maximum atomic E-state index is 12.7. The van der Waals surface area contributed by atoms with Gasteiger partial charge in [-0.25, -0.2) is 0 Å². The van der Waals surface area contributed by atoms with Crippen LogP contribution in [0.5, 0.6) is 11.5 Å². The third kappa shape index (κ3) is 4.96. The molecule has 134 valence electrons. The highest BCUT2D eigenvalue weighted by atomic mass is 32.1. The van der Waals surface area contributed by atoms with Gasteiger partial charge in [0.1, 0.15) is 0 Å². The van der Waals surface area contributed by atoms with Gasteiger partial charge in [-0.05, 0) is 36.6 Å². The van der Waals surface area contributed by atoms with Crippen LogP contribution in [0.2, 0.25) is 0 Å². The van der Waals surface area contributed by atoms with E-state index in [1.807, 2.05) is 24.4 Å². The smallest absolute Gasteiger partial charge is 0.254 e. The van der Waals surface area contributed by atoms with Crippen molar-refractivity contribution in [3.63, 3.8) is 0 Å². The Morgan fingerprint density at radius 3 is 2.52 bits per heavy atom. The van der Waals surface area contributed by atoms with Crippen molar-refractivity contribution in [2.24, 2.45) is 0 Å². The lowest BCUT2D eigenvalue weighted by molar-refractivity contribution is -0.121. The molecule has 0 aliphatic carbocycles. The molecule has 1 N–H and O–H groups in total. The third-order valence-corrected chi connectivity index (χ3v) is 4.55. The zero-order valence-corrected chi connectivity index (χ0v) is 15.4. The van der Waals surface area contributed by atoms with Crippen LogP contribution in [-0.2, 0) is 11.3 Å². The number of hydrogen-bond acceptors (Lipinski definition) is 5. The molecule has 0 bridgehead atoms. The fourth-order valence-corrected chi connectivity index (χ4v) is 2.95. The lowest BCUT2D eigenvalue weighted by Crippen LogP contribution is -2.40. The van der Waals surface area contributed by atoms with Crippen LogP contribution in [0.3, 0.4) is 0 Å². The molecule has 1 aromatic heterocycles. The average Bonchev–Trinajstić information content (AvgIpc) is 3.16. The molecule has 0 spiro atoms. The molecule has 2 aromatic rings. The summed E-state index contributed by atoms with van der Waals surface area (Å²) in [5.41, 5.74) is 0.450. The molecule has 6 nitrogen and oxygen atoms in total. The van der Waals surface area contributed by atoms with E-state index < -0.39 is 0 Å². The van der Waals surface area contributed by atoms with Crippen LogP contribution in [0.1, 0.15) is 22.2 Å². The number of rotatable bonds is 8. The van der Waals surface area contributed by atoms with Crippen molar-refractivity contribution in [2.45, 2.75) is 13.5 Å². The molecular formula is C18H22N2O4S. The van der Waals surface area contributed by atoms with Crippen molar-refractivity contribution in [1.29, 1.82) is 0 Å². The monoisotopic (exact) mass is 362 g/mol. The maximum Gasteiger partial charge on any atom is 0.254 e. The summed E-state index contributed by atoms with van der Waals surface area (Å²) in [5.74, 6) is 0.612. The van der Waals surface area contributed by atoms with Gasteiger partial charge in [0.2, 0.25) is 5.91 Å². The Kier molecular flexibility index (Phi) is 6.82. The van der Waals surface area contributed by atoms with Crippen LogP contribution in [0.25, 0.3) is 0 Å². The number of nitrogens with zero attached hydrogens (tertiary/aromatic N) is 1. The summed E-state index contributed by atoms with van der Waals surface area (Å²) in [7, 11) is 3.05. The lowest BCUT2D eigenvalue weighted by atomic mass is 10.1. The van der Waals surface area contributed by atoms with Gasteiger partial charge >= 0.3 is 0 Å². The van der Waals surface area contributed by atoms with E-state index in [0.717, 1.165) is 4.88 Å². The van der Waals surface area contributed by atoms with Gasteiger partial charge in [-0.1, -0.05) is 6.07 Å². The minimum atomic E-state index is -0.227. The highest BCUT2D eigenvalue weighted by molar-refractivity contribution is 7.09. The maximum absolute atomic E-state index is 12.7. The minimum absolute atomic E-state index is 0.00898. The second-order valence-electron chi connectivity index (χ2n) is 5.25. The van der Waals surface area contributed by atoms with Crippen LogP contribution >= 0.6 is 11.3 Å². The van der Waals surface area contributed by atoms with Crippen molar-refractivity contribution in [1.82, 2.24) is 10.2 Å². The van der Waals surface area contributed by atoms with E-state index in [4.69, 9.17) is 9.47 Å². The van der Waals surface area contributed by atoms with Gasteiger partial charge in [-0.3, -0.25) is 9.59 Å². The Morgan fingerprint density at radius 2 is 1.92 bits per heavy atom. The predicted octanol–water partition coefficient (Wildman–Crippen LogP) is 2.54. The largest absolute Gasteiger partial charge is 0.493 e. The van der Waals surface area contributed by atoms with E-state index in [-0.39, 0.29) is 18.4 Å². The number of ether oxygens (including phenoxy) is 2. The molecule has 0 radical (unpaired) electrons. The van der Waals surface area contributed by atoms with Crippen LogP contribution in [0, 0.1) is 0 Å². The first-order valence-electron chi connectivity index (χ1n) is 7.89. The van der Waals surface area contributed by atoms with Gasteiger partial charge in [0.05, 0.1) is 27.3 Å². The molecule has 0 fully saturated rings. The summed E-state index contributed by atoms with van der Waals surface area (Å²) in [6, 6.07) is 8.85. The standard InChI is InChI=1S/C18H22N2O4S/c1-4-20(12-17(21)19-11-14-6-5-9-25-14)18(22)13-7-8-15(23-2)16(10-13)24-3/h5-10H,4,11-12H2,1-3H3,(H,19,21). The molecule has 1 heterocycles. The van der Waals surface area contributed by atoms with Gasteiger partial charge in [0.15, 0.2) is 11.5 Å². The molecule has 2 rings (SSSR count). The first-order valence-corrected chi connectivity index (χ1v) is 8.77. The molecule has 7 heteroatoms. The Hall–Kier alpha value is -2.54. The SMILES string of the molecule is CCN(CC(=O)NCc1cccs1)C(=O)c1ccc(OC)c(OC)c1. The number of amides is 2. The highest BCUT2D eigenvalue weighted by Gasteiger charge is 2.19. The number of hydrogen-bond donors (Lipinski definition) is 1. The van der Waals surface area contributed by atoms with E-state index in [0.29, 0.717) is 30.2 Å². The second-order valence-corrected chi connectivity index (χ2v) is 6.28. The van der Waals surface area contributed by atoms with Crippen molar-refractivity contribution in [3.8, 4) is 11.5 Å². The molecule has 0 aliphatic rings. The van der Waals surface area contributed by atoms with Gasteiger partial charge in [-0.15, -0.1) is 11.3 Å². The summed E-state index contributed by atoms with van der Waals surface area (Å²) in [4.78, 5) is 27.3. The third-order valence-electron chi connectivity index (χ3n) is 3.67. The minimum Gasteiger partial charge on any atom is -0.493 e. The van der Waals surface area contributed by atoms with Gasteiger partial charge in [0.25, 0.3) is 5.91 Å². The van der Waals surface area contributed by atoms with Gasteiger partial charge in [-0.2, -0.15) is 0 Å². The summed E-state index contributed by atoms with van der Waals surface area (Å²) in [6.07, 6.45) is 0. The summed E-state index contributed by atoms with van der Waals surface area (Å²) >= 11 is 1.58. The van der Waals surface area contributed by atoms with Crippen molar-refractivity contribution in [2.75, 3.05) is 27.3 Å². The number of carbonyl (C=O) groups is 2. The molecular weight excluding hydrogens is 340 g/mol. The van der Waals surface area contributed by atoms with Crippen LogP contribution in [0.4, 0.5) is 0 Å². The second kappa shape index (κ2) is 9.08. The van der Waals surface area contributed by atoms with E-state index >= 15 is 0 Å². The topological polar surface area (TPSA) is 67.9 Å². The molecule has 0 atom stereocenters. The Labute approximate surface area is 151 Å². The fraction of sp³-hybridized carbons (Fsp3) is 0.333. The number of carbonyl (C=O) groups excluding carboxylic acids is 2. The molecule has 1 aromatic carbocycles. The molecule has 0 saturated heterocycles.